The number of H-pyrrole nitrogens is 1. The molecule has 2 aliphatic heterocycles. The lowest BCUT2D eigenvalue weighted by Gasteiger charge is -2.35. The molecule has 2 saturated heterocycles. The van der Waals surface area contributed by atoms with Gasteiger partial charge in [0.15, 0.2) is 0 Å². The fourth-order valence-corrected chi connectivity index (χ4v) is 6.11. The number of imide groups is 1. The van der Waals surface area contributed by atoms with Crippen LogP contribution in [0.4, 0.5) is 4.39 Å². The van der Waals surface area contributed by atoms with E-state index in [1.54, 1.807) is 36.4 Å². The molecule has 2 fully saturated rings. The van der Waals surface area contributed by atoms with Gasteiger partial charge in [0.1, 0.15) is 5.82 Å². The largest absolute Gasteiger partial charge is 0.363 e. The van der Waals surface area contributed by atoms with Crippen LogP contribution in [-0.4, -0.2) is 80.8 Å². The molecule has 6 rings (SSSR count). The highest BCUT2D eigenvalue weighted by Crippen LogP contribution is 2.22. The molecule has 0 bridgehead atoms. The number of aromatic amines is 1. The molecule has 4 amide bonds. The van der Waals surface area contributed by atoms with E-state index in [1.807, 2.05) is 22.6 Å². The molecule has 4 aromatic rings. The molecule has 14 heteroatoms. The van der Waals surface area contributed by atoms with Gasteiger partial charge in [0.05, 0.1) is 22.2 Å². The Morgan fingerprint density at radius 2 is 1.46 bits per heavy atom. The third kappa shape index (κ3) is 6.24. The van der Waals surface area contributed by atoms with Gasteiger partial charge in [-0.1, -0.05) is 24.3 Å². The zero-order valence-corrected chi connectivity index (χ0v) is 26.3. The van der Waals surface area contributed by atoms with E-state index in [0.29, 0.717) is 30.7 Å². The van der Waals surface area contributed by atoms with Crippen LogP contribution in [0.15, 0.2) is 65.5 Å². The zero-order chi connectivity index (χ0) is 32.5. The molecule has 0 saturated carbocycles. The first kappa shape index (κ1) is 31.0. The quantitative estimate of drug-likeness (QED) is 0.235. The minimum absolute atomic E-state index is 0.00280. The molecule has 46 heavy (non-hydrogen) atoms. The molecular weight excluding hydrogens is 712 g/mol. The third-order valence-electron chi connectivity index (χ3n) is 7.82. The smallest absolute Gasteiger partial charge is 0.335 e. The van der Waals surface area contributed by atoms with Gasteiger partial charge in [-0.05, 0) is 64.6 Å². The van der Waals surface area contributed by atoms with Crippen molar-refractivity contribution in [3.05, 3.63) is 108 Å². The number of nitrogens with zero attached hydrogens (tertiary/aromatic N) is 4. The average Bonchev–Trinajstić information content (AvgIpc) is 3.38. The van der Waals surface area contributed by atoms with E-state index in [4.69, 9.17) is 4.84 Å². The van der Waals surface area contributed by atoms with Crippen LogP contribution in [0.25, 0.3) is 10.8 Å². The lowest BCUT2D eigenvalue weighted by atomic mass is 10.0. The Morgan fingerprint density at radius 3 is 2.15 bits per heavy atom. The molecular formula is C32H25FIN5O7. The number of benzene rings is 3. The van der Waals surface area contributed by atoms with Gasteiger partial charge in [0.2, 0.25) is 0 Å². The molecule has 0 unspecified atom stereocenters. The van der Waals surface area contributed by atoms with Gasteiger partial charge in [-0.25, -0.2) is 14.3 Å². The summed E-state index contributed by atoms with van der Waals surface area (Å²) in [6.07, 6.45) is 0.178. The number of piperazine rings is 1. The van der Waals surface area contributed by atoms with E-state index in [1.165, 1.54) is 34.1 Å². The maximum absolute atomic E-state index is 14.9. The lowest BCUT2D eigenvalue weighted by molar-refractivity contribution is -0.172. The van der Waals surface area contributed by atoms with E-state index in [0.717, 1.165) is 0 Å². The Bertz CT molecular complexity index is 1970. The highest BCUT2D eigenvalue weighted by molar-refractivity contribution is 14.1. The standard InChI is InChI=1S/C32H25FIN5O7/c33-25-6-5-18(14-26-22-3-1-2-4-23(22)29(42)36-35-26)13-24(25)31(44)38-11-9-37(10-12-38)30(43)19-15-20(17-21(34)16-19)32(45)46-39-27(40)7-8-28(39)41/h1-6,13,15-17H,7-12,14H2,(H,36,42). The molecule has 3 heterocycles. The maximum atomic E-state index is 14.9. The van der Waals surface area contributed by atoms with Crippen LogP contribution in [0.2, 0.25) is 0 Å². The van der Waals surface area contributed by atoms with Crippen LogP contribution in [0, 0.1) is 9.39 Å². The molecule has 2 aliphatic rings. The van der Waals surface area contributed by atoms with Crippen molar-refractivity contribution in [3.8, 4) is 0 Å². The van der Waals surface area contributed by atoms with Crippen molar-refractivity contribution < 1.29 is 33.2 Å². The van der Waals surface area contributed by atoms with Crippen molar-refractivity contribution >= 4 is 63.0 Å². The molecule has 0 radical (unpaired) electrons. The summed E-state index contributed by atoms with van der Waals surface area (Å²) in [5, 5.41) is 8.24. The number of carbonyl (C=O) groups is 5. The van der Waals surface area contributed by atoms with Crippen LogP contribution >= 0.6 is 22.6 Å². The second-order valence-electron chi connectivity index (χ2n) is 10.8. The fourth-order valence-electron chi connectivity index (χ4n) is 5.44. The number of halogens is 2. The fraction of sp³-hybridized carbons (Fsp3) is 0.219. The number of rotatable bonds is 6. The third-order valence-corrected chi connectivity index (χ3v) is 8.45. The zero-order valence-electron chi connectivity index (χ0n) is 24.1. The molecule has 0 atom stereocenters. The number of aromatic nitrogens is 2. The van der Waals surface area contributed by atoms with E-state index in [9.17, 15) is 33.2 Å². The summed E-state index contributed by atoms with van der Waals surface area (Å²) < 4.78 is 15.5. The number of fused-ring (bicyclic) bond motifs is 1. The minimum atomic E-state index is -0.944. The van der Waals surface area contributed by atoms with Gasteiger partial charge in [-0.15, -0.1) is 5.06 Å². The normalized spacial score (nSPS) is 15.0. The van der Waals surface area contributed by atoms with Crippen LogP contribution in [0.5, 0.6) is 0 Å². The van der Waals surface area contributed by atoms with Gasteiger partial charge in [-0.3, -0.25) is 24.0 Å². The Hall–Kier alpha value is -4.99. The van der Waals surface area contributed by atoms with Crippen molar-refractivity contribution in [2.24, 2.45) is 0 Å². The van der Waals surface area contributed by atoms with Crippen LogP contribution < -0.4 is 5.56 Å². The van der Waals surface area contributed by atoms with Crippen LogP contribution in [0.3, 0.4) is 0 Å². The Kier molecular flexibility index (Phi) is 8.62. The number of carbonyl (C=O) groups excluding carboxylic acids is 5. The number of hydrogen-bond donors (Lipinski definition) is 1. The summed E-state index contributed by atoms with van der Waals surface area (Å²) in [7, 11) is 0. The molecule has 3 aromatic carbocycles. The van der Waals surface area contributed by atoms with Crippen molar-refractivity contribution in [2.45, 2.75) is 19.3 Å². The first-order valence-electron chi connectivity index (χ1n) is 14.3. The number of amides is 4. The average molecular weight is 737 g/mol. The van der Waals surface area contributed by atoms with E-state index in [-0.39, 0.29) is 73.6 Å². The summed E-state index contributed by atoms with van der Waals surface area (Å²) in [4.78, 5) is 83.2. The van der Waals surface area contributed by atoms with E-state index in [2.05, 4.69) is 10.2 Å². The maximum Gasteiger partial charge on any atom is 0.363 e. The Morgan fingerprint density at radius 1 is 0.826 bits per heavy atom. The highest BCUT2D eigenvalue weighted by atomic mass is 127. The SMILES string of the molecule is O=C(ON1C(=O)CCC1=O)c1cc(I)cc(C(=O)N2CCN(C(=O)c3cc(Cc4n[nH]c(=O)c5ccccc45)ccc3F)CC2)c1. The molecule has 1 N–H and O–H groups in total. The Balaban J connectivity index is 1.12. The van der Waals surface area contributed by atoms with Crippen molar-refractivity contribution in [1.82, 2.24) is 25.1 Å². The van der Waals surface area contributed by atoms with Crippen LogP contribution in [-0.2, 0) is 20.8 Å². The summed E-state index contributed by atoms with van der Waals surface area (Å²) in [5.41, 5.74) is 0.982. The second-order valence-corrected chi connectivity index (χ2v) is 12.1. The number of hydroxylamine groups is 2. The summed E-state index contributed by atoms with van der Waals surface area (Å²) in [6, 6.07) is 15.7. The van der Waals surface area contributed by atoms with Gasteiger partial charge < -0.3 is 14.6 Å². The van der Waals surface area contributed by atoms with E-state index >= 15 is 0 Å². The molecule has 0 aliphatic carbocycles. The number of nitrogens with one attached hydrogen (secondary N) is 1. The first-order valence-corrected chi connectivity index (χ1v) is 15.4. The van der Waals surface area contributed by atoms with Gasteiger partial charge in [0.25, 0.3) is 29.2 Å². The Labute approximate surface area is 274 Å². The van der Waals surface area contributed by atoms with Crippen molar-refractivity contribution in [1.29, 1.82) is 0 Å². The molecule has 12 nitrogen and oxygen atoms in total. The monoisotopic (exact) mass is 737 g/mol. The van der Waals surface area contributed by atoms with Gasteiger partial charge in [-0.2, -0.15) is 5.10 Å². The highest BCUT2D eigenvalue weighted by Gasteiger charge is 2.34. The molecule has 0 spiro atoms. The van der Waals surface area contributed by atoms with E-state index < -0.39 is 29.5 Å². The second kappa shape index (κ2) is 12.8. The summed E-state index contributed by atoms with van der Waals surface area (Å²) in [6.45, 7) is 0.638. The number of hydrogen-bond acceptors (Lipinski definition) is 8. The van der Waals surface area contributed by atoms with Crippen molar-refractivity contribution in [2.75, 3.05) is 26.2 Å². The summed E-state index contributed by atoms with van der Waals surface area (Å²) in [5.74, 6) is -3.75. The predicted octanol–water partition coefficient (Wildman–Crippen LogP) is 3.08. The summed E-state index contributed by atoms with van der Waals surface area (Å²) >= 11 is 1.94. The minimum Gasteiger partial charge on any atom is -0.335 e. The molecule has 234 valence electrons. The first-order chi connectivity index (χ1) is 22.1. The van der Waals surface area contributed by atoms with Gasteiger partial charge >= 0.3 is 5.97 Å². The predicted molar refractivity (Wildman–Crippen MR) is 169 cm³/mol. The van der Waals surface area contributed by atoms with Gasteiger partial charge in [0, 0.05) is 60.0 Å². The molecule has 1 aromatic heterocycles. The topological polar surface area (TPSA) is 150 Å². The lowest BCUT2D eigenvalue weighted by Crippen LogP contribution is -2.50. The van der Waals surface area contributed by atoms with Crippen LogP contribution in [0.1, 0.15) is 55.2 Å². The van der Waals surface area contributed by atoms with Crippen molar-refractivity contribution in [3.63, 3.8) is 0 Å².